The lowest BCUT2D eigenvalue weighted by Crippen LogP contribution is -1.97. The van der Waals surface area contributed by atoms with Gasteiger partial charge >= 0.3 is 0 Å². The Kier molecular flexibility index (Phi) is 4.51. The first-order valence-electron chi connectivity index (χ1n) is 5.36. The van der Waals surface area contributed by atoms with Gasteiger partial charge in [-0.25, -0.2) is 0 Å². The molecule has 0 aliphatic carbocycles. The van der Waals surface area contributed by atoms with Crippen LogP contribution in [0.5, 0.6) is 0 Å². The molecular weight excluding hydrogens is 370 g/mol. The van der Waals surface area contributed by atoms with Gasteiger partial charge in [0.2, 0.25) is 0 Å². The van der Waals surface area contributed by atoms with E-state index in [2.05, 4.69) is 21.2 Å². The summed E-state index contributed by atoms with van der Waals surface area (Å²) < 4.78 is 0.747. The summed E-state index contributed by atoms with van der Waals surface area (Å²) >= 11 is 21.6. The third kappa shape index (κ3) is 3.11. The monoisotopic (exact) mass is 378 g/mol. The van der Waals surface area contributed by atoms with Crippen LogP contribution >= 0.6 is 50.7 Å². The van der Waals surface area contributed by atoms with Crippen LogP contribution in [0.4, 0.5) is 17.1 Å². The number of benzene rings is 2. The summed E-state index contributed by atoms with van der Waals surface area (Å²) in [6, 6.07) is 7.23. The van der Waals surface area contributed by atoms with Crippen molar-refractivity contribution in [3.63, 3.8) is 0 Å². The Balaban J connectivity index is 2.42. The Labute approximate surface area is 135 Å². The quantitative estimate of drug-likeness (QED) is 0.492. The maximum absolute atomic E-state index is 6.19. The summed E-state index contributed by atoms with van der Waals surface area (Å²) in [4.78, 5) is 0. The van der Waals surface area contributed by atoms with Crippen LogP contribution in [0.25, 0.3) is 0 Å². The summed E-state index contributed by atoms with van der Waals surface area (Å²) in [5, 5.41) is 4.60. The summed E-state index contributed by atoms with van der Waals surface area (Å²) in [5.74, 6) is 0. The first-order valence-corrected chi connectivity index (χ1v) is 7.29. The number of rotatable bonds is 2. The van der Waals surface area contributed by atoms with Crippen molar-refractivity contribution < 1.29 is 0 Å². The van der Waals surface area contributed by atoms with Crippen molar-refractivity contribution in [1.29, 1.82) is 0 Å². The minimum Gasteiger partial charge on any atom is -0.398 e. The first kappa shape index (κ1) is 14.8. The fourth-order valence-electron chi connectivity index (χ4n) is 1.61. The maximum atomic E-state index is 6.19. The van der Waals surface area contributed by atoms with E-state index in [9.17, 15) is 0 Å². The molecule has 0 aliphatic rings. The number of aryl methyl sites for hydroxylation is 1. The van der Waals surface area contributed by atoms with Crippen molar-refractivity contribution in [2.24, 2.45) is 0 Å². The van der Waals surface area contributed by atoms with Crippen LogP contribution in [0.3, 0.4) is 0 Å². The van der Waals surface area contributed by atoms with Gasteiger partial charge in [0.25, 0.3) is 0 Å². The van der Waals surface area contributed by atoms with Crippen LogP contribution in [-0.4, -0.2) is 0 Å². The fraction of sp³-hybridized carbons (Fsp3) is 0.0769. The zero-order valence-corrected chi connectivity index (χ0v) is 13.8. The molecule has 0 aliphatic heterocycles. The molecule has 3 N–H and O–H groups in total. The van der Waals surface area contributed by atoms with Gasteiger partial charge in [0.05, 0.1) is 26.4 Å². The summed E-state index contributed by atoms with van der Waals surface area (Å²) in [6.45, 7) is 1.93. The highest BCUT2D eigenvalue weighted by atomic mass is 79.9. The van der Waals surface area contributed by atoms with Gasteiger partial charge in [-0.3, -0.25) is 0 Å². The molecule has 2 aromatic carbocycles. The molecule has 0 spiro atoms. The third-order valence-corrected chi connectivity index (χ3v) is 4.75. The molecule has 2 aromatic rings. The Morgan fingerprint density at radius 3 is 2.42 bits per heavy atom. The number of halogens is 4. The number of nitrogens with two attached hydrogens (primary N) is 1. The summed E-state index contributed by atoms with van der Waals surface area (Å²) in [7, 11) is 0. The SMILES string of the molecule is Cc1cc(N)c(Cl)cc1Nc1ccc(Br)c(Cl)c1Cl. The lowest BCUT2D eigenvalue weighted by molar-refractivity contribution is 1.43. The van der Waals surface area contributed by atoms with Gasteiger partial charge in [-0.2, -0.15) is 0 Å². The van der Waals surface area contributed by atoms with Gasteiger partial charge in [0.1, 0.15) is 0 Å². The van der Waals surface area contributed by atoms with Crippen LogP contribution in [-0.2, 0) is 0 Å². The van der Waals surface area contributed by atoms with E-state index < -0.39 is 0 Å². The minimum atomic E-state index is 0.448. The van der Waals surface area contributed by atoms with Crippen molar-refractivity contribution in [3.05, 3.63) is 49.4 Å². The molecule has 0 aromatic heterocycles. The predicted octanol–water partition coefficient (Wildman–Crippen LogP) is 6.04. The standard InChI is InChI=1S/C13H10BrCl3N2/c1-6-4-9(18)8(15)5-11(6)19-10-3-2-7(14)12(16)13(10)17/h2-5,19H,18H2,1H3. The molecule has 6 heteroatoms. The van der Waals surface area contributed by atoms with Crippen molar-refractivity contribution in [2.75, 3.05) is 11.1 Å². The topological polar surface area (TPSA) is 38.0 Å². The minimum absolute atomic E-state index is 0.448. The lowest BCUT2D eigenvalue weighted by atomic mass is 10.1. The number of hydrogen-bond acceptors (Lipinski definition) is 2. The molecule has 0 unspecified atom stereocenters. The zero-order chi connectivity index (χ0) is 14.2. The van der Waals surface area contributed by atoms with Gasteiger partial charge < -0.3 is 11.1 Å². The maximum Gasteiger partial charge on any atom is 0.0838 e. The number of nitrogen functional groups attached to an aromatic ring is 1. The number of anilines is 3. The number of nitrogens with one attached hydrogen (secondary N) is 1. The van der Waals surface area contributed by atoms with Crippen LogP contribution in [0.2, 0.25) is 15.1 Å². The highest BCUT2D eigenvalue weighted by molar-refractivity contribution is 9.10. The van der Waals surface area contributed by atoms with Gasteiger partial charge in [-0.05, 0) is 52.7 Å². The molecule has 0 bridgehead atoms. The Bertz CT molecular complexity index is 644. The van der Waals surface area contributed by atoms with E-state index in [0.717, 1.165) is 15.7 Å². The molecule has 0 radical (unpaired) electrons. The van der Waals surface area contributed by atoms with Crippen molar-refractivity contribution in [1.82, 2.24) is 0 Å². The van der Waals surface area contributed by atoms with Crippen LogP contribution in [0, 0.1) is 6.92 Å². The van der Waals surface area contributed by atoms with E-state index in [4.69, 9.17) is 40.5 Å². The average Bonchev–Trinajstić information content (AvgIpc) is 2.36. The van der Waals surface area contributed by atoms with E-state index in [1.165, 1.54) is 0 Å². The predicted molar refractivity (Wildman–Crippen MR) is 88.0 cm³/mol. The molecule has 2 rings (SSSR count). The Morgan fingerprint density at radius 2 is 1.74 bits per heavy atom. The normalized spacial score (nSPS) is 10.6. The lowest BCUT2D eigenvalue weighted by Gasteiger charge is -2.14. The molecule has 0 heterocycles. The van der Waals surface area contributed by atoms with E-state index in [-0.39, 0.29) is 0 Å². The highest BCUT2D eigenvalue weighted by Crippen LogP contribution is 2.38. The van der Waals surface area contributed by atoms with Gasteiger partial charge in [0.15, 0.2) is 0 Å². The second-order valence-electron chi connectivity index (χ2n) is 4.04. The molecule has 0 saturated heterocycles. The molecule has 0 amide bonds. The molecule has 0 fully saturated rings. The number of hydrogen-bond donors (Lipinski definition) is 2. The Morgan fingerprint density at radius 1 is 1.05 bits per heavy atom. The molecule has 19 heavy (non-hydrogen) atoms. The largest absolute Gasteiger partial charge is 0.398 e. The third-order valence-electron chi connectivity index (χ3n) is 2.65. The highest BCUT2D eigenvalue weighted by Gasteiger charge is 2.10. The molecule has 0 saturated carbocycles. The van der Waals surface area contributed by atoms with Gasteiger partial charge in [-0.15, -0.1) is 0 Å². The van der Waals surface area contributed by atoms with Gasteiger partial charge in [-0.1, -0.05) is 34.8 Å². The van der Waals surface area contributed by atoms with E-state index in [1.807, 2.05) is 19.1 Å². The van der Waals surface area contributed by atoms with Gasteiger partial charge in [0, 0.05) is 10.2 Å². The summed E-state index contributed by atoms with van der Waals surface area (Å²) in [6.07, 6.45) is 0. The van der Waals surface area contributed by atoms with Crippen LogP contribution < -0.4 is 11.1 Å². The molecular formula is C13H10BrCl3N2. The zero-order valence-electron chi connectivity index (χ0n) is 9.90. The second-order valence-corrected chi connectivity index (χ2v) is 6.05. The summed E-state index contributed by atoms with van der Waals surface area (Å²) in [5.41, 5.74) is 8.80. The second kappa shape index (κ2) is 5.80. The van der Waals surface area contributed by atoms with Crippen molar-refractivity contribution in [2.45, 2.75) is 6.92 Å². The van der Waals surface area contributed by atoms with E-state index >= 15 is 0 Å². The smallest absolute Gasteiger partial charge is 0.0838 e. The Hall–Kier alpha value is -0.610. The average molecular weight is 381 g/mol. The van der Waals surface area contributed by atoms with Crippen molar-refractivity contribution in [3.8, 4) is 0 Å². The first-order chi connectivity index (χ1) is 8.90. The molecule has 0 atom stereocenters. The fourth-order valence-corrected chi connectivity index (χ4v) is 2.59. The van der Waals surface area contributed by atoms with Crippen molar-refractivity contribution >= 4 is 67.8 Å². The van der Waals surface area contributed by atoms with Crippen LogP contribution in [0.1, 0.15) is 5.56 Å². The molecule has 100 valence electrons. The van der Waals surface area contributed by atoms with E-state index in [0.29, 0.717) is 26.4 Å². The van der Waals surface area contributed by atoms with Crippen LogP contribution in [0.15, 0.2) is 28.7 Å². The van der Waals surface area contributed by atoms with E-state index in [1.54, 1.807) is 12.1 Å². The molecule has 2 nitrogen and oxygen atoms in total.